The number of azide groups is 1. The average Bonchev–Trinajstić information content (AvgIpc) is 2.53. The summed E-state index contributed by atoms with van der Waals surface area (Å²) in [4.78, 5) is 25.6. The number of hydrogen-bond donors (Lipinski definition) is 4. The summed E-state index contributed by atoms with van der Waals surface area (Å²) in [6.07, 6.45) is -3.47. The molecule has 0 aromatic carbocycles. The molecular formula is C12H18N4O7. The van der Waals surface area contributed by atoms with Gasteiger partial charge in [0.15, 0.2) is 0 Å². The number of ether oxygens (including phenoxy) is 2. The summed E-state index contributed by atoms with van der Waals surface area (Å²) in [6, 6.07) is -2.13. The number of aliphatic hydroxyl groups excluding tert-OH is 3. The van der Waals surface area contributed by atoms with E-state index >= 15 is 0 Å². The number of carbonyl (C=O) groups is 2. The minimum absolute atomic E-state index is 0.347. The third kappa shape index (κ3) is 4.57. The molecule has 0 saturated heterocycles. The highest BCUT2D eigenvalue weighted by molar-refractivity contribution is 5.86. The lowest BCUT2D eigenvalue weighted by atomic mass is 9.92. The molecule has 23 heavy (non-hydrogen) atoms. The van der Waals surface area contributed by atoms with Crippen LogP contribution < -0.4 is 5.32 Å². The molecule has 1 aliphatic rings. The van der Waals surface area contributed by atoms with Crippen molar-refractivity contribution < 1.29 is 34.4 Å². The lowest BCUT2D eigenvalue weighted by molar-refractivity contribution is -0.148. The lowest BCUT2D eigenvalue weighted by Crippen LogP contribution is -2.59. The first-order valence-corrected chi connectivity index (χ1v) is 6.60. The molecule has 128 valence electrons. The topological polar surface area (TPSA) is 174 Å². The summed E-state index contributed by atoms with van der Waals surface area (Å²) in [5, 5.41) is 34.5. The van der Waals surface area contributed by atoms with E-state index in [0.29, 0.717) is 0 Å². The first-order valence-electron chi connectivity index (χ1n) is 6.60. The quantitative estimate of drug-likeness (QED) is 0.195. The van der Waals surface area contributed by atoms with Crippen molar-refractivity contribution in [1.29, 1.82) is 0 Å². The van der Waals surface area contributed by atoms with Crippen molar-refractivity contribution in [2.75, 3.05) is 13.7 Å². The Morgan fingerprint density at radius 1 is 1.57 bits per heavy atom. The summed E-state index contributed by atoms with van der Waals surface area (Å²) >= 11 is 0. The fourth-order valence-corrected chi connectivity index (χ4v) is 2.11. The van der Waals surface area contributed by atoms with Crippen LogP contribution in [0.4, 0.5) is 0 Å². The Kier molecular flexibility index (Phi) is 6.79. The van der Waals surface area contributed by atoms with E-state index in [4.69, 9.17) is 15.4 Å². The Hall–Kier alpha value is -2.33. The van der Waals surface area contributed by atoms with Gasteiger partial charge in [0.1, 0.15) is 18.3 Å². The van der Waals surface area contributed by atoms with Crippen LogP contribution in [0.2, 0.25) is 0 Å². The van der Waals surface area contributed by atoms with Gasteiger partial charge in [-0.25, -0.2) is 4.79 Å². The number of rotatable bonds is 6. The summed E-state index contributed by atoms with van der Waals surface area (Å²) in [7, 11) is 1.10. The fraction of sp³-hybridized carbons (Fsp3) is 0.667. The Morgan fingerprint density at radius 2 is 2.22 bits per heavy atom. The number of hydrogen-bond acceptors (Lipinski definition) is 8. The zero-order chi connectivity index (χ0) is 17.6. The fourth-order valence-electron chi connectivity index (χ4n) is 2.11. The zero-order valence-electron chi connectivity index (χ0n) is 12.5. The Labute approximate surface area is 131 Å². The SMILES string of the molecule is COC(=O)C1=C[C@H](N=[N+]=[N-])[C@@H](NC(C)=O)[C@H]([C@H](O)[C@H](O)CO)O1. The number of methoxy groups -OCH3 is 1. The molecule has 0 fully saturated rings. The predicted molar refractivity (Wildman–Crippen MR) is 74.6 cm³/mol. The molecule has 4 N–H and O–H groups in total. The number of nitrogens with one attached hydrogen (secondary N) is 1. The molecule has 0 spiro atoms. The maximum Gasteiger partial charge on any atom is 0.372 e. The third-order valence-corrected chi connectivity index (χ3v) is 3.17. The van der Waals surface area contributed by atoms with Crippen LogP contribution in [0, 0.1) is 0 Å². The van der Waals surface area contributed by atoms with E-state index in [0.717, 1.165) is 13.2 Å². The van der Waals surface area contributed by atoms with E-state index in [1.54, 1.807) is 0 Å². The van der Waals surface area contributed by atoms with Crippen LogP contribution in [-0.4, -0.2) is 71.3 Å². The van der Waals surface area contributed by atoms with Crippen molar-refractivity contribution >= 4 is 11.9 Å². The summed E-state index contributed by atoms with van der Waals surface area (Å²) in [6.45, 7) is 0.413. The molecule has 0 aromatic rings. The van der Waals surface area contributed by atoms with E-state index in [-0.39, 0.29) is 5.76 Å². The number of nitrogens with zero attached hydrogens (tertiary/aromatic N) is 3. The first-order chi connectivity index (χ1) is 10.8. The van der Waals surface area contributed by atoms with Gasteiger partial charge in [0, 0.05) is 11.8 Å². The summed E-state index contributed by atoms with van der Waals surface area (Å²) in [5.41, 5.74) is 8.64. The highest BCUT2D eigenvalue weighted by atomic mass is 16.6. The van der Waals surface area contributed by atoms with Gasteiger partial charge in [-0.1, -0.05) is 5.11 Å². The molecule has 0 bridgehead atoms. The summed E-state index contributed by atoms with van der Waals surface area (Å²) in [5.74, 6) is -1.75. The molecule has 1 amide bonds. The maximum absolute atomic E-state index is 11.6. The van der Waals surface area contributed by atoms with Crippen molar-refractivity contribution in [3.63, 3.8) is 0 Å². The lowest BCUT2D eigenvalue weighted by Gasteiger charge is -2.38. The van der Waals surface area contributed by atoms with Crippen molar-refractivity contribution in [3.8, 4) is 0 Å². The highest BCUT2D eigenvalue weighted by Gasteiger charge is 2.43. The first kappa shape index (κ1) is 18.7. The molecular weight excluding hydrogens is 312 g/mol. The van der Waals surface area contributed by atoms with Crippen LogP contribution in [0.25, 0.3) is 10.4 Å². The third-order valence-electron chi connectivity index (χ3n) is 3.17. The molecule has 0 aliphatic carbocycles. The average molecular weight is 330 g/mol. The van der Waals surface area contributed by atoms with Crippen molar-refractivity contribution in [1.82, 2.24) is 5.32 Å². The van der Waals surface area contributed by atoms with Gasteiger partial charge in [0.05, 0.1) is 25.8 Å². The molecule has 0 aromatic heterocycles. The normalized spacial score (nSPS) is 26.0. The molecule has 0 saturated carbocycles. The van der Waals surface area contributed by atoms with Gasteiger partial charge in [-0.05, 0) is 11.6 Å². The standard InChI is InChI=1S/C12H18N4O7/c1-5(18)14-9-6(15-16-13)3-8(12(21)22-2)23-11(9)10(20)7(19)4-17/h3,6-7,9-11,17,19-20H,4H2,1-2H3,(H,14,18)/t6-,7+,9+,10+,11+/m0/s1. The molecule has 1 rings (SSSR count). The number of aliphatic hydroxyl groups is 3. The minimum Gasteiger partial charge on any atom is -0.478 e. The van der Waals surface area contributed by atoms with Crippen molar-refractivity contribution in [2.24, 2.45) is 5.11 Å². The number of esters is 1. The van der Waals surface area contributed by atoms with Crippen LogP contribution >= 0.6 is 0 Å². The Morgan fingerprint density at radius 3 is 2.70 bits per heavy atom. The van der Waals surface area contributed by atoms with E-state index in [1.807, 2.05) is 0 Å². The van der Waals surface area contributed by atoms with Gasteiger partial charge in [0.2, 0.25) is 11.7 Å². The maximum atomic E-state index is 11.6. The van der Waals surface area contributed by atoms with Crippen LogP contribution in [0.15, 0.2) is 16.9 Å². The zero-order valence-corrected chi connectivity index (χ0v) is 12.5. The van der Waals surface area contributed by atoms with Gasteiger partial charge in [0.25, 0.3) is 0 Å². The smallest absolute Gasteiger partial charge is 0.372 e. The second-order valence-electron chi connectivity index (χ2n) is 4.77. The van der Waals surface area contributed by atoms with E-state index in [9.17, 15) is 19.8 Å². The van der Waals surface area contributed by atoms with Crippen LogP contribution in [0.3, 0.4) is 0 Å². The van der Waals surface area contributed by atoms with E-state index in [2.05, 4.69) is 20.1 Å². The van der Waals surface area contributed by atoms with Gasteiger partial charge in [-0.2, -0.15) is 0 Å². The van der Waals surface area contributed by atoms with Crippen LogP contribution in [-0.2, 0) is 19.1 Å². The van der Waals surface area contributed by atoms with Gasteiger partial charge >= 0.3 is 5.97 Å². The van der Waals surface area contributed by atoms with Gasteiger partial charge < -0.3 is 30.1 Å². The molecule has 11 heteroatoms. The second-order valence-corrected chi connectivity index (χ2v) is 4.77. The molecule has 1 aliphatic heterocycles. The number of amides is 1. The molecule has 11 nitrogen and oxygen atoms in total. The second kappa shape index (κ2) is 8.34. The molecule has 5 atom stereocenters. The Bertz CT molecular complexity index is 532. The van der Waals surface area contributed by atoms with Crippen LogP contribution in [0.1, 0.15) is 6.92 Å². The largest absolute Gasteiger partial charge is 0.478 e. The monoisotopic (exact) mass is 330 g/mol. The summed E-state index contributed by atoms with van der Waals surface area (Å²) < 4.78 is 9.78. The van der Waals surface area contributed by atoms with Gasteiger partial charge in [-0.3, -0.25) is 4.79 Å². The van der Waals surface area contributed by atoms with Crippen LogP contribution in [0.5, 0.6) is 0 Å². The molecule has 0 unspecified atom stereocenters. The van der Waals surface area contributed by atoms with Crippen molar-refractivity contribution in [2.45, 2.75) is 37.3 Å². The Balaban J connectivity index is 3.26. The van der Waals surface area contributed by atoms with E-state index < -0.39 is 48.9 Å². The molecule has 0 radical (unpaired) electrons. The predicted octanol–water partition coefficient (Wildman–Crippen LogP) is -1.66. The van der Waals surface area contributed by atoms with Gasteiger partial charge in [-0.15, -0.1) is 0 Å². The molecule has 1 heterocycles. The van der Waals surface area contributed by atoms with Crippen molar-refractivity contribution in [3.05, 3.63) is 22.3 Å². The number of carbonyl (C=O) groups excluding carboxylic acids is 2. The minimum atomic E-state index is -1.67. The van der Waals surface area contributed by atoms with E-state index in [1.165, 1.54) is 6.92 Å². The highest BCUT2D eigenvalue weighted by Crippen LogP contribution is 2.25.